The average Bonchev–Trinajstić information content (AvgIpc) is 2.28. The highest BCUT2D eigenvalue weighted by Gasteiger charge is 2.00. The summed E-state index contributed by atoms with van der Waals surface area (Å²) in [5.74, 6) is -0.212. The molecule has 0 aliphatic heterocycles. The summed E-state index contributed by atoms with van der Waals surface area (Å²) in [6, 6.07) is 12.2. The van der Waals surface area contributed by atoms with Gasteiger partial charge in [-0.3, -0.25) is 0 Å². The molecule has 88 valence electrons. The van der Waals surface area contributed by atoms with E-state index in [1.807, 2.05) is 24.3 Å². The van der Waals surface area contributed by atoms with Crippen molar-refractivity contribution in [2.75, 3.05) is 11.1 Å². The average molecular weight is 342 g/mol. The van der Waals surface area contributed by atoms with Crippen molar-refractivity contribution in [2.24, 2.45) is 0 Å². The minimum Gasteiger partial charge on any atom is -0.399 e. The first kappa shape index (κ1) is 12.2. The Hall–Kier alpha value is -1.30. The monoisotopic (exact) mass is 342 g/mol. The predicted molar refractivity (Wildman–Crippen MR) is 77.3 cm³/mol. The number of anilines is 2. The predicted octanol–water partition coefficient (Wildman–Crippen LogP) is 3.62. The molecule has 0 unspecified atom stereocenters. The van der Waals surface area contributed by atoms with E-state index in [1.165, 1.54) is 12.1 Å². The third-order valence-electron chi connectivity index (χ3n) is 2.37. The molecule has 17 heavy (non-hydrogen) atoms. The van der Waals surface area contributed by atoms with E-state index in [2.05, 4.69) is 27.9 Å². The molecule has 4 heteroatoms. The second-order valence-corrected chi connectivity index (χ2v) is 4.88. The zero-order valence-electron chi connectivity index (χ0n) is 9.08. The summed E-state index contributed by atoms with van der Waals surface area (Å²) in [7, 11) is 0. The molecule has 0 spiro atoms. The third-order valence-corrected chi connectivity index (χ3v) is 3.26. The SMILES string of the molecule is Nc1ccc(NCc2cccc(F)c2)c(I)c1. The number of benzene rings is 2. The number of hydrogen-bond acceptors (Lipinski definition) is 2. The second-order valence-electron chi connectivity index (χ2n) is 3.72. The summed E-state index contributed by atoms with van der Waals surface area (Å²) < 4.78 is 14.0. The maximum atomic E-state index is 13.0. The summed E-state index contributed by atoms with van der Waals surface area (Å²) >= 11 is 2.22. The lowest BCUT2D eigenvalue weighted by atomic mass is 10.2. The number of hydrogen-bond donors (Lipinski definition) is 2. The van der Waals surface area contributed by atoms with Crippen molar-refractivity contribution >= 4 is 34.0 Å². The standard InChI is InChI=1S/C13H12FIN2/c14-10-3-1-2-9(6-10)8-17-13-5-4-11(16)7-12(13)15/h1-7,17H,8,16H2. The topological polar surface area (TPSA) is 38.0 Å². The molecule has 0 heterocycles. The summed E-state index contributed by atoms with van der Waals surface area (Å²) in [6.07, 6.45) is 0. The van der Waals surface area contributed by atoms with Crippen LogP contribution >= 0.6 is 22.6 Å². The second kappa shape index (κ2) is 5.35. The van der Waals surface area contributed by atoms with Crippen LogP contribution in [0, 0.1) is 9.39 Å². The maximum absolute atomic E-state index is 13.0. The fraction of sp³-hybridized carbons (Fsp3) is 0.0769. The van der Waals surface area contributed by atoms with Gasteiger partial charge < -0.3 is 11.1 Å². The van der Waals surface area contributed by atoms with Crippen LogP contribution in [0.4, 0.5) is 15.8 Å². The molecule has 0 aliphatic rings. The molecule has 2 nitrogen and oxygen atoms in total. The molecular weight excluding hydrogens is 330 g/mol. The van der Waals surface area contributed by atoms with E-state index in [4.69, 9.17) is 5.73 Å². The van der Waals surface area contributed by atoms with Gasteiger partial charge in [0.1, 0.15) is 5.82 Å². The third kappa shape index (κ3) is 3.33. The highest BCUT2D eigenvalue weighted by atomic mass is 127. The number of halogens is 2. The van der Waals surface area contributed by atoms with Crippen LogP contribution in [0.3, 0.4) is 0 Å². The van der Waals surface area contributed by atoms with Crippen molar-refractivity contribution in [1.82, 2.24) is 0 Å². The van der Waals surface area contributed by atoms with Gasteiger partial charge in [0.15, 0.2) is 0 Å². The fourth-order valence-corrected chi connectivity index (χ4v) is 2.25. The van der Waals surface area contributed by atoms with Crippen LogP contribution in [-0.2, 0) is 6.54 Å². The summed E-state index contributed by atoms with van der Waals surface area (Å²) in [5.41, 5.74) is 8.33. The molecule has 0 saturated carbocycles. The Labute approximate surface area is 113 Å². The molecular formula is C13H12FIN2. The van der Waals surface area contributed by atoms with Crippen molar-refractivity contribution in [2.45, 2.75) is 6.54 Å². The van der Waals surface area contributed by atoms with Crippen molar-refractivity contribution in [3.05, 3.63) is 57.4 Å². The number of rotatable bonds is 3. The first-order valence-electron chi connectivity index (χ1n) is 5.18. The lowest BCUT2D eigenvalue weighted by Crippen LogP contribution is -2.01. The van der Waals surface area contributed by atoms with Crippen LogP contribution in [0.15, 0.2) is 42.5 Å². The number of nitrogens with one attached hydrogen (secondary N) is 1. The quantitative estimate of drug-likeness (QED) is 0.660. The van der Waals surface area contributed by atoms with Gasteiger partial charge in [-0.25, -0.2) is 4.39 Å². The Morgan fingerprint density at radius 2 is 2.00 bits per heavy atom. The Balaban J connectivity index is 2.07. The van der Waals surface area contributed by atoms with Gasteiger partial charge in [-0.05, 0) is 58.5 Å². The van der Waals surface area contributed by atoms with E-state index in [0.717, 1.165) is 20.5 Å². The molecule has 2 aromatic rings. The minimum absolute atomic E-state index is 0.212. The molecule has 0 amide bonds. The normalized spacial score (nSPS) is 10.2. The summed E-state index contributed by atoms with van der Waals surface area (Å²) in [4.78, 5) is 0. The minimum atomic E-state index is -0.212. The smallest absolute Gasteiger partial charge is 0.123 e. The van der Waals surface area contributed by atoms with Crippen LogP contribution in [0.1, 0.15) is 5.56 Å². The molecule has 3 N–H and O–H groups in total. The van der Waals surface area contributed by atoms with Crippen molar-refractivity contribution in [3.63, 3.8) is 0 Å². The Morgan fingerprint density at radius 1 is 1.18 bits per heavy atom. The maximum Gasteiger partial charge on any atom is 0.123 e. The molecule has 2 rings (SSSR count). The van der Waals surface area contributed by atoms with E-state index in [9.17, 15) is 4.39 Å². The van der Waals surface area contributed by atoms with Gasteiger partial charge >= 0.3 is 0 Å². The molecule has 0 fully saturated rings. The number of nitrogens with two attached hydrogens (primary N) is 1. The highest BCUT2D eigenvalue weighted by molar-refractivity contribution is 14.1. The Kier molecular flexibility index (Phi) is 3.83. The molecule has 0 radical (unpaired) electrons. The Morgan fingerprint density at radius 3 is 2.71 bits per heavy atom. The van der Waals surface area contributed by atoms with Gasteiger partial charge in [-0.2, -0.15) is 0 Å². The van der Waals surface area contributed by atoms with Crippen molar-refractivity contribution in [3.8, 4) is 0 Å². The molecule has 0 saturated heterocycles. The van der Waals surface area contributed by atoms with Crippen LogP contribution in [0.5, 0.6) is 0 Å². The van der Waals surface area contributed by atoms with Crippen molar-refractivity contribution in [1.29, 1.82) is 0 Å². The van der Waals surface area contributed by atoms with Gasteiger partial charge in [-0.1, -0.05) is 12.1 Å². The fourth-order valence-electron chi connectivity index (χ4n) is 1.52. The first-order chi connectivity index (χ1) is 8.15. The van der Waals surface area contributed by atoms with E-state index in [1.54, 1.807) is 6.07 Å². The van der Waals surface area contributed by atoms with Gasteiger partial charge in [0, 0.05) is 21.5 Å². The molecule has 2 aromatic carbocycles. The van der Waals surface area contributed by atoms with E-state index in [-0.39, 0.29) is 5.82 Å². The van der Waals surface area contributed by atoms with Crippen LogP contribution in [0.25, 0.3) is 0 Å². The van der Waals surface area contributed by atoms with E-state index in [0.29, 0.717) is 6.54 Å². The summed E-state index contributed by atoms with van der Waals surface area (Å²) in [6.45, 7) is 0.595. The lowest BCUT2D eigenvalue weighted by molar-refractivity contribution is 0.626. The van der Waals surface area contributed by atoms with Crippen molar-refractivity contribution < 1.29 is 4.39 Å². The van der Waals surface area contributed by atoms with Crippen LogP contribution in [-0.4, -0.2) is 0 Å². The first-order valence-corrected chi connectivity index (χ1v) is 6.26. The number of nitrogen functional groups attached to an aromatic ring is 1. The molecule has 0 bridgehead atoms. The molecule has 0 atom stereocenters. The zero-order valence-corrected chi connectivity index (χ0v) is 11.2. The lowest BCUT2D eigenvalue weighted by Gasteiger charge is -2.09. The van der Waals surface area contributed by atoms with Gasteiger partial charge in [0.25, 0.3) is 0 Å². The zero-order chi connectivity index (χ0) is 12.3. The van der Waals surface area contributed by atoms with Gasteiger partial charge in [0.05, 0.1) is 0 Å². The summed E-state index contributed by atoms with van der Waals surface area (Å²) in [5, 5.41) is 3.25. The van der Waals surface area contributed by atoms with E-state index >= 15 is 0 Å². The molecule has 0 aromatic heterocycles. The highest BCUT2D eigenvalue weighted by Crippen LogP contribution is 2.21. The molecule has 0 aliphatic carbocycles. The Bertz CT molecular complexity index is 529. The van der Waals surface area contributed by atoms with E-state index < -0.39 is 0 Å². The van der Waals surface area contributed by atoms with Gasteiger partial charge in [-0.15, -0.1) is 0 Å². The van der Waals surface area contributed by atoms with Crippen LogP contribution in [0.2, 0.25) is 0 Å². The van der Waals surface area contributed by atoms with Crippen LogP contribution < -0.4 is 11.1 Å². The largest absolute Gasteiger partial charge is 0.399 e. The van der Waals surface area contributed by atoms with Gasteiger partial charge in [0.2, 0.25) is 0 Å².